The summed E-state index contributed by atoms with van der Waals surface area (Å²) in [6.07, 6.45) is 8.01. The van der Waals surface area contributed by atoms with Crippen molar-refractivity contribution in [1.82, 2.24) is 0 Å². The summed E-state index contributed by atoms with van der Waals surface area (Å²) >= 11 is 0. The first-order valence-corrected chi connectivity index (χ1v) is 7.15. The van der Waals surface area contributed by atoms with E-state index in [0.29, 0.717) is 0 Å². The standard InChI is InChI=1S/C13H23NP2/c1-2-3-4-5-6-7-12-8-10-13(11-9-12)14(15)16/h8-11H,2-7,15-16H2,1H3. The molecule has 1 aromatic carbocycles. The maximum Gasteiger partial charge on any atom is 0.0423 e. The normalized spacial score (nSPS) is 10.4. The van der Waals surface area contributed by atoms with Gasteiger partial charge in [-0.2, -0.15) is 0 Å². The zero-order valence-electron chi connectivity index (χ0n) is 10.2. The van der Waals surface area contributed by atoms with Gasteiger partial charge in [0.1, 0.15) is 0 Å². The van der Waals surface area contributed by atoms with Crippen LogP contribution in [0.2, 0.25) is 0 Å². The molecule has 0 saturated carbocycles. The predicted molar refractivity (Wildman–Crippen MR) is 80.8 cm³/mol. The van der Waals surface area contributed by atoms with E-state index in [2.05, 4.69) is 50.0 Å². The van der Waals surface area contributed by atoms with Gasteiger partial charge in [0.15, 0.2) is 0 Å². The Balaban J connectivity index is 2.27. The summed E-state index contributed by atoms with van der Waals surface area (Å²) in [5, 5.41) is 0. The van der Waals surface area contributed by atoms with Crippen LogP contribution in [0.4, 0.5) is 5.69 Å². The smallest absolute Gasteiger partial charge is 0.0423 e. The first kappa shape index (κ1) is 13.9. The van der Waals surface area contributed by atoms with Gasteiger partial charge < -0.3 is 4.44 Å². The fraction of sp³-hybridized carbons (Fsp3) is 0.538. The molecule has 0 aliphatic carbocycles. The molecule has 2 atom stereocenters. The van der Waals surface area contributed by atoms with Crippen molar-refractivity contribution < 1.29 is 0 Å². The van der Waals surface area contributed by atoms with Crippen LogP contribution >= 0.6 is 18.8 Å². The molecule has 16 heavy (non-hydrogen) atoms. The molecule has 0 saturated heterocycles. The molecule has 0 aromatic heterocycles. The molecular formula is C13H23NP2. The minimum absolute atomic E-state index is 1.21. The van der Waals surface area contributed by atoms with Crippen LogP contribution < -0.4 is 4.44 Å². The molecule has 0 bridgehead atoms. The van der Waals surface area contributed by atoms with E-state index in [-0.39, 0.29) is 0 Å². The maximum absolute atomic E-state index is 2.64. The summed E-state index contributed by atoms with van der Waals surface area (Å²) in [6.45, 7) is 2.26. The predicted octanol–water partition coefficient (Wildman–Crippen LogP) is 4.59. The Labute approximate surface area is 105 Å². The maximum atomic E-state index is 2.64. The van der Waals surface area contributed by atoms with Crippen molar-refractivity contribution in [3.8, 4) is 0 Å². The van der Waals surface area contributed by atoms with Gasteiger partial charge in [-0.25, -0.2) is 0 Å². The van der Waals surface area contributed by atoms with Crippen LogP contribution in [0.1, 0.15) is 44.6 Å². The number of aryl methyl sites for hydroxylation is 1. The van der Waals surface area contributed by atoms with Crippen molar-refractivity contribution >= 4 is 24.5 Å². The zero-order valence-corrected chi connectivity index (χ0v) is 12.5. The second kappa shape index (κ2) is 8.04. The number of nitrogens with zero attached hydrogens (tertiary/aromatic N) is 1. The minimum atomic E-state index is 1.21. The minimum Gasteiger partial charge on any atom is -0.341 e. The van der Waals surface area contributed by atoms with Crippen LogP contribution in [0.3, 0.4) is 0 Å². The number of hydrogen-bond acceptors (Lipinski definition) is 1. The Morgan fingerprint density at radius 1 is 0.938 bits per heavy atom. The molecule has 0 aliphatic rings. The molecule has 1 aromatic rings. The van der Waals surface area contributed by atoms with Crippen LogP contribution in [-0.4, -0.2) is 0 Å². The highest BCUT2D eigenvalue weighted by Gasteiger charge is 1.96. The third-order valence-corrected chi connectivity index (χ3v) is 3.40. The van der Waals surface area contributed by atoms with E-state index in [0.717, 1.165) is 0 Å². The summed E-state index contributed by atoms with van der Waals surface area (Å²) < 4.78 is 1.98. The first-order valence-electron chi connectivity index (χ1n) is 6.12. The largest absolute Gasteiger partial charge is 0.341 e. The summed E-state index contributed by atoms with van der Waals surface area (Å²) in [4.78, 5) is 0. The molecule has 1 rings (SSSR count). The molecule has 0 N–H and O–H groups in total. The summed E-state index contributed by atoms with van der Waals surface area (Å²) in [5.41, 5.74) is 2.67. The van der Waals surface area contributed by atoms with E-state index in [4.69, 9.17) is 0 Å². The zero-order chi connectivity index (χ0) is 11.8. The lowest BCUT2D eigenvalue weighted by molar-refractivity contribution is 0.632. The van der Waals surface area contributed by atoms with Crippen LogP contribution in [0.15, 0.2) is 24.3 Å². The van der Waals surface area contributed by atoms with E-state index in [1.807, 2.05) is 4.44 Å². The molecule has 3 heteroatoms. The summed E-state index contributed by atoms with van der Waals surface area (Å²) in [6, 6.07) is 8.80. The molecule has 0 aliphatic heterocycles. The number of anilines is 1. The van der Waals surface area contributed by atoms with Gasteiger partial charge in [0, 0.05) is 5.69 Å². The van der Waals surface area contributed by atoms with Gasteiger partial charge in [0.25, 0.3) is 0 Å². The van der Waals surface area contributed by atoms with Crippen LogP contribution in [0.5, 0.6) is 0 Å². The van der Waals surface area contributed by atoms with Crippen LogP contribution in [0.25, 0.3) is 0 Å². The second-order valence-electron chi connectivity index (χ2n) is 4.24. The molecule has 0 spiro atoms. The van der Waals surface area contributed by atoms with Gasteiger partial charge in [-0.3, -0.25) is 0 Å². The molecule has 0 amide bonds. The summed E-state index contributed by atoms with van der Waals surface area (Å²) in [7, 11) is 5.28. The lowest BCUT2D eigenvalue weighted by Crippen LogP contribution is -1.91. The lowest BCUT2D eigenvalue weighted by atomic mass is 10.1. The number of hydrogen-bond donors (Lipinski definition) is 0. The number of rotatable bonds is 7. The molecule has 0 fully saturated rings. The molecular weight excluding hydrogens is 232 g/mol. The van der Waals surface area contributed by atoms with E-state index in [1.165, 1.54) is 49.8 Å². The molecule has 2 unspecified atom stereocenters. The average molecular weight is 255 g/mol. The SMILES string of the molecule is CCCCCCCc1ccc(N(P)P)cc1. The molecule has 1 nitrogen and oxygen atoms in total. The van der Waals surface area contributed by atoms with E-state index < -0.39 is 0 Å². The van der Waals surface area contributed by atoms with Gasteiger partial charge in [0.2, 0.25) is 0 Å². The monoisotopic (exact) mass is 255 g/mol. The Hall–Kier alpha value is -0.120. The van der Waals surface area contributed by atoms with Crippen LogP contribution in [-0.2, 0) is 6.42 Å². The van der Waals surface area contributed by atoms with Gasteiger partial charge >= 0.3 is 0 Å². The van der Waals surface area contributed by atoms with Crippen molar-refractivity contribution in [2.24, 2.45) is 0 Å². The Morgan fingerprint density at radius 3 is 2.12 bits per heavy atom. The van der Waals surface area contributed by atoms with Gasteiger partial charge in [-0.05, 0) is 49.3 Å². The van der Waals surface area contributed by atoms with E-state index >= 15 is 0 Å². The molecule has 0 heterocycles. The topological polar surface area (TPSA) is 3.24 Å². The van der Waals surface area contributed by atoms with Gasteiger partial charge in [0.05, 0.1) is 0 Å². The van der Waals surface area contributed by atoms with Gasteiger partial charge in [-0.15, -0.1) is 0 Å². The molecule has 0 radical (unpaired) electrons. The fourth-order valence-corrected chi connectivity index (χ4v) is 2.11. The number of benzene rings is 1. The van der Waals surface area contributed by atoms with E-state index in [9.17, 15) is 0 Å². The number of unbranched alkanes of at least 4 members (excludes halogenated alkanes) is 4. The van der Waals surface area contributed by atoms with Crippen molar-refractivity contribution in [3.05, 3.63) is 29.8 Å². The Bertz CT molecular complexity index is 282. The highest BCUT2D eigenvalue weighted by Crippen LogP contribution is 2.22. The van der Waals surface area contributed by atoms with Gasteiger partial charge in [-0.1, -0.05) is 44.7 Å². The second-order valence-corrected chi connectivity index (χ2v) is 5.95. The van der Waals surface area contributed by atoms with Crippen molar-refractivity contribution in [3.63, 3.8) is 0 Å². The van der Waals surface area contributed by atoms with Crippen molar-refractivity contribution in [2.75, 3.05) is 4.44 Å². The van der Waals surface area contributed by atoms with Crippen molar-refractivity contribution in [2.45, 2.75) is 45.4 Å². The fourth-order valence-electron chi connectivity index (χ4n) is 1.77. The third-order valence-electron chi connectivity index (χ3n) is 2.80. The molecule has 90 valence electrons. The average Bonchev–Trinajstić information content (AvgIpc) is 2.29. The summed E-state index contributed by atoms with van der Waals surface area (Å²) in [5.74, 6) is 0. The van der Waals surface area contributed by atoms with E-state index in [1.54, 1.807) is 0 Å². The highest BCUT2D eigenvalue weighted by atomic mass is 31.1. The van der Waals surface area contributed by atoms with Crippen LogP contribution in [0, 0.1) is 0 Å². The third kappa shape index (κ3) is 5.28. The highest BCUT2D eigenvalue weighted by molar-refractivity contribution is 7.39. The van der Waals surface area contributed by atoms with Crippen molar-refractivity contribution in [1.29, 1.82) is 0 Å². The first-order chi connectivity index (χ1) is 7.74. The quantitative estimate of drug-likeness (QED) is 0.509. The Kier molecular flexibility index (Phi) is 7.01. The lowest BCUT2D eigenvalue weighted by Gasteiger charge is -2.11. The Morgan fingerprint density at radius 2 is 1.56 bits per heavy atom.